The van der Waals surface area contributed by atoms with E-state index in [0.717, 1.165) is 25.9 Å². The van der Waals surface area contributed by atoms with Crippen molar-refractivity contribution >= 4 is 21.4 Å². The first kappa shape index (κ1) is 20.0. The van der Waals surface area contributed by atoms with Crippen LogP contribution in [0.25, 0.3) is 0 Å². The van der Waals surface area contributed by atoms with E-state index in [1.807, 2.05) is 18.7 Å². The number of hydrogen-bond acceptors (Lipinski definition) is 6. The molecule has 0 N–H and O–H groups in total. The fourth-order valence-electron chi connectivity index (χ4n) is 3.80. The van der Waals surface area contributed by atoms with Crippen LogP contribution in [0.5, 0.6) is 0 Å². The molecule has 27 heavy (non-hydrogen) atoms. The molecule has 0 amide bonds. The molecule has 0 spiro atoms. The van der Waals surface area contributed by atoms with Crippen molar-refractivity contribution in [3.63, 3.8) is 0 Å². The fraction of sp³-hybridized carbons (Fsp3) is 0.667. The Kier molecular flexibility index (Phi) is 5.73. The molecule has 9 heteroatoms. The van der Waals surface area contributed by atoms with Crippen LogP contribution in [0.2, 0.25) is 0 Å². The van der Waals surface area contributed by atoms with E-state index in [-0.39, 0.29) is 35.9 Å². The number of hydrogen-bond donors (Lipinski definition) is 0. The van der Waals surface area contributed by atoms with Gasteiger partial charge in [-0.05, 0) is 38.7 Å². The minimum atomic E-state index is -3.87. The zero-order chi connectivity index (χ0) is 19.8. The van der Waals surface area contributed by atoms with Gasteiger partial charge in [-0.2, -0.15) is 4.31 Å². The summed E-state index contributed by atoms with van der Waals surface area (Å²) in [5, 5.41) is 11.3. The fourth-order valence-corrected chi connectivity index (χ4v) is 5.62. The van der Waals surface area contributed by atoms with Crippen molar-refractivity contribution in [2.24, 2.45) is 5.92 Å². The summed E-state index contributed by atoms with van der Waals surface area (Å²) in [4.78, 5) is 12.8. The first-order chi connectivity index (χ1) is 12.7. The first-order valence-electron chi connectivity index (χ1n) is 9.37. The highest BCUT2D eigenvalue weighted by Crippen LogP contribution is 2.34. The normalized spacial score (nSPS) is 25.5. The molecule has 0 bridgehead atoms. The molecular formula is C18H27N3O5S. The van der Waals surface area contributed by atoms with Crippen molar-refractivity contribution in [3.8, 4) is 0 Å². The number of benzene rings is 1. The van der Waals surface area contributed by atoms with E-state index >= 15 is 0 Å². The molecule has 1 aromatic carbocycles. The summed E-state index contributed by atoms with van der Waals surface area (Å²) in [5.74, 6) is 0.597. The van der Waals surface area contributed by atoms with E-state index < -0.39 is 14.9 Å². The van der Waals surface area contributed by atoms with Crippen LogP contribution in [-0.2, 0) is 14.8 Å². The molecule has 3 rings (SSSR count). The summed E-state index contributed by atoms with van der Waals surface area (Å²) < 4.78 is 33.8. The van der Waals surface area contributed by atoms with Crippen LogP contribution in [0.15, 0.2) is 23.1 Å². The number of piperidine rings is 1. The van der Waals surface area contributed by atoms with Gasteiger partial charge in [0, 0.05) is 38.3 Å². The lowest BCUT2D eigenvalue weighted by molar-refractivity contribution is -0.385. The molecule has 0 aromatic heterocycles. The van der Waals surface area contributed by atoms with Gasteiger partial charge in [-0.25, -0.2) is 8.42 Å². The topological polar surface area (TPSA) is 93.0 Å². The minimum Gasteiger partial charge on any atom is -0.373 e. The Morgan fingerprint density at radius 3 is 2.26 bits per heavy atom. The molecule has 2 aliphatic rings. The van der Waals surface area contributed by atoms with E-state index in [4.69, 9.17) is 4.74 Å². The van der Waals surface area contributed by atoms with E-state index in [1.165, 1.54) is 16.4 Å². The van der Waals surface area contributed by atoms with Crippen LogP contribution in [0, 0.1) is 16.0 Å². The standard InChI is InChI=1S/C18H27N3O5S/c1-13-6-8-19(9-7-13)17-5-4-16(21(22)23)10-18(17)27(24,25)20-11-14(2)26-15(3)12-20/h4-5,10,13-15H,6-9,11-12H2,1-3H3/t14-,15-/m1/s1. The highest BCUT2D eigenvalue weighted by molar-refractivity contribution is 7.89. The smallest absolute Gasteiger partial charge is 0.270 e. The molecule has 2 heterocycles. The summed E-state index contributed by atoms with van der Waals surface area (Å²) >= 11 is 0. The SMILES string of the molecule is CC1CCN(c2ccc([N+](=O)[O-])cc2S(=O)(=O)N2C[C@@H](C)O[C@H](C)C2)CC1. The second-order valence-corrected chi connectivity index (χ2v) is 9.56. The van der Waals surface area contributed by atoms with Crippen molar-refractivity contribution in [3.05, 3.63) is 28.3 Å². The summed E-state index contributed by atoms with van der Waals surface area (Å²) in [7, 11) is -3.87. The predicted octanol–water partition coefficient (Wildman–Crippen LogP) is 2.63. The summed E-state index contributed by atoms with van der Waals surface area (Å²) in [5.41, 5.74) is 0.344. The van der Waals surface area contributed by atoms with E-state index in [1.54, 1.807) is 6.07 Å². The van der Waals surface area contributed by atoms with E-state index in [9.17, 15) is 18.5 Å². The van der Waals surface area contributed by atoms with Gasteiger partial charge in [-0.3, -0.25) is 10.1 Å². The number of morpholine rings is 1. The van der Waals surface area contributed by atoms with Gasteiger partial charge in [0.25, 0.3) is 5.69 Å². The lowest BCUT2D eigenvalue weighted by Crippen LogP contribution is -2.48. The van der Waals surface area contributed by atoms with E-state index in [2.05, 4.69) is 6.92 Å². The van der Waals surface area contributed by atoms with Crippen LogP contribution in [-0.4, -0.2) is 56.0 Å². The van der Waals surface area contributed by atoms with Gasteiger partial charge >= 0.3 is 0 Å². The second-order valence-electron chi connectivity index (χ2n) is 7.66. The van der Waals surface area contributed by atoms with Gasteiger partial charge in [0.2, 0.25) is 10.0 Å². The van der Waals surface area contributed by atoms with Gasteiger partial charge in [-0.15, -0.1) is 0 Å². The third-order valence-electron chi connectivity index (χ3n) is 5.28. The maximum absolute atomic E-state index is 13.4. The quantitative estimate of drug-likeness (QED) is 0.573. The number of sulfonamides is 1. The van der Waals surface area contributed by atoms with Crippen molar-refractivity contribution in [1.82, 2.24) is 4.31 Å². The number of nitrogens with zero attached hydrogens (tertiary/aromatic N) is 3. The Labute approximate surface area is 160 Å². The largest absolute Gasteiger partial charge is 0.373 e. The van der Waals surface area contributed by atoms with Crippen LogP contribution >= 0.6 is 0 Å². The first-order valence-corrected chi connectivity index (χ1v) is 10.8. The van der Waals surface area contributed by atoms with Crippen molar-refractivity contribution in [1.29, 1.82) is 0 Å². The lowest BCUT2D eigenvalue weighted by atomic mass is 9.99. The number of rotatable bonds is 4. The van der Waals surface area contributed by atoms with Gasteiger partial charge in [0.05, 0.1) is 22.8 Å². The average Bonchev–Trinajstić information content (AvgIpc) is 2.61. The maximum Gasteiger partial charge on any atom is 0.270 e. The molecule has 0 unspecified atom stereocenters. The van der Waals surface area contributed by atoms with Crippen LogP contribution in [0.1, 0.15) is 33.6 Å². The molecule has 1 aromatic rings. The third kappa shape index (κ3) is 4.25. The van der Waals surface area contributed by atoms with Gasteiger partial charge < -0.3 is 9.64 Å². The molecule has 0 aliphatic carbocycles. The van der Waals surface area contributed by atoms with E-state index in [0.29, 0.717) is 11.6 Å². The third-order valence-corrected chi connectivity index (χ3v) is 7.14. The van der Waals surface area contributed by atoms with Crippen LogP contribution < -0.4 is 4.90 Å². The van der Waals surface area contributed by atoms with Gasteiger partial charge in [-0.1, -0.05) is 6.92 Å². The number of ether oxygens (including phenoxy) is 1. The van der Waals surface area contributed by atoms with Gasteiger partial charge in [0.15, 0.2) is 0 Å². The number of anilines is 1. The molecule has 0 radical (unpaired) electrons. The zero-order valence-electron chi connectivity index (χ0n) is 16.0. The Bertz CT molecular complexity index is 795. The molecular weight excluding hydrogens is 370 g/mol. The number of non-ortho nitro benzene ring substituents is 1. The monoisotopic (exact) mass is 397 g/mol. The molecule has 0 saturated carbocycles. The molecule has 2 fully saturated rings. The lowest BCUT2D eigenvalue weighted by Gasteiger charge is -2.36. The zero-order valence-corrected chi connectivity index (χ0v) is 16.8. The Hall–Kier alpha value is -1.71. The molecule has 2 atom stereocenters. The maximum atomic E-state index is 13.4. The number of nitro groups is 1. The average molecular weight is 397 g/mol. The highest BCUT2D eigenvalue weighted by atomic mass is 32.2. The van der Waals surface area contributed by atoms with Crippen molar-refractivity contribution < 1.29 is 18.1 Å². The van der Waals surface area contributed by atoms with Gasteiger partial charge in [0.1, 0.15) is 4.90 Å². The summed E-state index contributed by atoms with van der Waals surface area (Å²) in [6.07, 6.45) is 1.51. The minimum absolute atomic E-state index is 0.0209. The van der Waals surface area contributed by atoms with Crippen LogP contribution in [0.4, 0.5) is 11.4 Å². The molecule has 2 saturated heterocycles. The predicted molar refractivity (Wildman–Crippen MR) is 102 cm³/mol. The Balaban J connectivity index is 2.03. The molecule has 2 aliphatic heterocycles. The van der Waals surface area contributed by atoms with Crippen molar-refractivity contribution in [2.45, 2.75) is 50.7 Å². The Morgan fingerprint density at radius 1 is 1.11 bits per heavy atom. The summed E-state index contributed by atoms with van der Waals surface area (Å²) in [6, 6.07) is 4.17. The highest BCUT2D eigenvalue weighted by Gasteiger charge is 2.35. The molecule has 150 valence electrons. The van der Waals surface area contributed by atoms with Crippen molar-refractivity contribution in [2.75, 3.05) is 31.1 Å². The Morgan fingerprint density at radius 2 is 1.70 bits per heavy atom. The molecule has 8 nitrogen and oxygen atoms in total. The second kappa shape index (κ2) is 7.73. The summed E-state index contributed by atoms with van der Waals surface area (Å²) in [6.45, 7) is 7.82. The van der Waals surface area contributed by atoms with Crippen LogP contribution in [0.3, 0.4) is 0 Å². The number of nitro benzene ring substituents is 1.